The number of hydrogen-bond acceptors (Lipinski definition) is 4. The minimum absolute atomic E-state index is 0.240. The summed E-state index contributed by atoms with van der Waals surface area (Å²) in [6, 6.07) is 20.0. The minimum Gasteiger partial charge on any atom is -0.366 e. The number of nitrogens with zero attached hydrogens (tertiary/aromatic N) is 3. The van der Waals surface area contributed by atoms with Crippen LogP contribution in [0.2, 0.25) is 0 Å². The summed E-state index contributed by atoms with van der Waals surface area (Å²) in [5.74, 6) is 0.465. The molecule has 25 heavy (non-hydrogen) atoms. The van der Waals surface area contributed by atoms with E-state index >= 15 is 0 Å². The summed E-state index contributed by atoms with van der Waals surface area (Å²) < 4.78 is 13.0. The predicted molar refractivity (Wildman–Crippen MR) is 96.5 cm³/mol. The van der Waals surface area contributed by atoms with Crippen molar-refractivity contribution in [2.24, 2.45) is 0 Å². The normalized spacial score (nSPS) is 10.8. The van der Waals surface area contributed by atoms with E-state index in [4.69, 9.17) is 0 Å². The Morgan fingerprint density at radius 2 is 1.64 bits per heavy atom. The van der Waals surface area contributed by atoms with E-state index in [1.807, 2.05) is 42.5 Å². The van der Waals surface area contributed by atoms with E-state index in [9.17, 15) is 4.39 Å². The van der Waals surface area contributed by atoms with Gasteiger partial charge in [-0.2, -0.15) is 0 Å². The second kappa shape index (κ2) is 6.65. The Labute approximate surface area is 144 Å². The second-order valence-electron chi connectivity index (χ2n) is 5.64. The number of aromatic nitrogens is 3. The van der Waals surface area contributed by atoms with Crippen molar-refractivity contribution < 1.29 is 4.39 Å². The molecule has 122 valence electrons. The summed E-state index contributed by atoms with van der Waals surface area (Å²) >= 11 is 0. The number of fused-ring (bicyclic) bond motifs is 1. The van der Waals surface area contributed by atoms with E-state index in [-0.39, 0.29) is 5.82 Å². The van der Waals surface area contributed by atoms with Gasteiger partial charge in [0.2, 0.25) is 0 Å². The van der Waals surface area contributed by atoms with Crippen LogP contribution in [-0.2, 0) is 6.54 Å². The van der Waals surface area contributed by atoms with Crippen LogP contribution in [0.4, 0.5) is 10.2 Å². The van der Waals surface area contributed by atoms with Gasteiger partial charge in [-0.15, -0.1) is 0 Å². The number of halogens is 1. The van der Waals surface area contributed by atoms with Gasteiger partial charge >= 0.3 is 0 Å². The Balaban J connectivity index is 1.59. The van der Waals surface area contributed by atoms with E-state index in [1.165, 1.54) is 12.1 Å². The molecule has 0 saturated heterocycles. The lowest BCUT2D eigenvalue weighted by Gasteiger charge is -2.07. The van der Waals surface area contributed by atoms with Crippen LogP contribution in [0.15, 0.2) is 72.9 Å². The molecule has 0 saturated carbocycles. The van der Waals surface area contributed by atoms with E-state index in [0.29, 0.717) is 18.0 Å². The monoisotopic (exact) mass is 330 g/mol. The summed E-state index contributed by atoms with van der Waals surface area (Å²) in [6.07, 6.45) is 1.75. The molecule has 2 aromatic carbocycles. The van der Waals surface area contributed by atoms with Crippen molar-refractivity contribution in [1.29, 1.82) is 0 Å². The number of nitrogens with one attached hydrogen (secondary N) is 1. The van der Waals surface area contributed by atoms with Crippen LogP contribution in [-0.4, -0.2) is 15.0 Å². The maximum Gasteiger partial charge on any atom is 0.180 e. The summed E-state index contributed by atoms with van der Waals surface area (Å²) in [4.78, 5) is 13.6. The smallest absolute Gasteiger partial charge is 0.180 e. The van der Waals surface area contributed by atoms with Crippen LogP contribution in [0.3, 0.4) is 0 Å². The number of anilines is 1. The first-order valence-electron chi connectivity index (χ1n) is 7.95. The van der Waals surface area contributed by atoms with Gasteiger partial charge < -0.3 is 5.32 Å². The fraction of sp³-hybridized carbons (Fsp3) is 0.0500. The molecular formula is C20H15FN4. The van der Waals surface area contributed by atoms with Crippen molar-refractivity contribution in [1.82, 2.24) is 15.0 Å². The van der Waals surface area contributed by atoms with Crippen molar-refractivity contribution in [2.45, 2.75) is 6.54 Å². The van der Waals surface area contributed by atoms with Gasteiger partial charge in [-0.05, 0) is 29.8 Å². The third-order valence-corrected chi connectivity index (χ3v) is 3.86. The standard InChI is InChI=1S/C20H15FN4/c21-16-8-6-14(7-9-16)12-23-19-11-10-17-20(25-19)24-18(13-22-17)15-4-2-1-3-5-15/h1-11,13H,12H2,(H,23,24,25). The van der Waals surface area contributed by atoms with Gasteiger partial charge in [0.15, 0.2) is 5.65 Å². The molecule has 5 heteroatoms. The molecule has 0 unspecified atom stereocenters. The molecule has 0 atom stereocenters. The molecule has 0 spiro atoms. The lowest BCUT2D eigenvalue weighted by molar-refractivity contribution is 0.627. The molecule has 4 rings (SSSR count). The molecule has 0 aliphatic heterocycles. The van der Waals surface area contributed by atoms with Gasteiger partial charge in [0.1, 0.15) is 17.2 Å². The van der Waals surface area contributed by atoms with Gasteiger partial charge in [0.05, 0.1) is 11.9 Å². The number of benzene rings is 2. The van der Waals surface area contributed by atoms with E-state index in [0.717, 1.165) is 22.3 Å². The van der Waals surface area contributed by atoms with Gasteiger partial charge in [-0.25, -0.2) is 14.4 Å². The van der Waals surface area contributed by atoms with Crippen molar-refractivity contribution in [3.63, 3.8) is 0 Å². The average molecular weight is 330 g/mol. The van der Waals surface area contributed by atoms with Crippen LogP contribution >= 0.6 is 0 Å². The summed E-state index contributed by atoms with van der Waals surface area (Å²) in [5, 5.41) is 3.23. The molecule has 0 amide bonds. The van der Waals surface area contributed by atoms with Crippen LogP contribution in [0.1, 0.15) is 5.56 Å². The third kappa shape index (κ3) is 3.45. The van der Waals surface area contributed by atoms with Crippen LogP contribution in [0.5, 0.6) is 0 Å². The predicted octanol–water partition coefficient (Wildman–Crippen LogP) is 4.44. The van der Waals surface area contributed by atoms with Crippen LogP contribution < -0.4 is 5.32 Å². The first-order valence-corrected chi connectivity index (χ1v) is 7.95. The largest absolute Gasteiger partial charge is 0.366 e. The van der Waals surface area contributed by atoms with Gasteiger partial charge in [-0.3, -0.25) is 4.98 Å². The molecule has 4 aromatic rings. The molecule has 0 aliphatic rings. The highest BCUT2D eigenvalue weighted by molar-refractivity contribution is 5.75. The lowest BCUT2D eigenvalue weighted by Crippen LogP contribution is -2.02. The molecule has 4 nitrogen and oxygen atoms in total. The summed E-state index contributed by atoms with van der Waals surface area (Å²) in [7, 11) is 0. The Morgan fingerprint density at radius 3 is 2.44 bits per heavy atom. The molecule has 2 aromatic heterocycles. The zero-order valence-electron chi connectivity index (χ0n) is 13.4. The minimum atomic E-state index is -0.240. The van der Waals surface area contributed by atoms with E-state index < -0.39 is 0 Å². The van der Waals surface area contributed by atoms with Gasteiger partial charge in [0.25, 0.3) is 0 Å². The lowest BCUT2D eigenvalue weighted by atomic mass is 10.2. The van der Waals surface area contributed by atoms with Crippen LogP contribution in [0, 0.1) is 5.82 Å². The fourth-order valence-corrected chi connectivity index (χ4v) is 2.54. The zero-order chi connectivity index (χ0) is 17.1. The van der Waals surface area contributed by atoms with Crippen molar-refractivity contribution in [3.05, 3.63) is 84.3 Å². The average Bonchev–Trinajstić information content (AvgIpc) is 2.67. The van der Waals surface area contributed by atoms with Crippen molar-refractivity contribution in [3.8, 4) is 11.3 Å². The first-order chi connectivity index (χ1) is 12.3. The number of rotatable bonds is 4. The third-order valence-electron chi connectivity index (χ3n) is 3.86. The SMILES string of the molecule is Fc1ccc(CNc2ccc3ncc(-c4ccccc4)nc3n2)cc1. The Morgan fingerprint density at radius 1 is 0.840 bits per heavy atom. The molecule has 1 N–H and O–H groups in total. The molecule has 0 fully saturated rings. The number of pyridine rings is 1. The Kier molecular flexibility index (Phi) is 4.04. The topological polar surface area (TPSA) is 50.7 Å². The highest BCUT2D eigenvalue weighted by atomic mass is 19.1. The van der Waals surface area contributed by atoms with Gasteiger partial charge in [0, 0.05) is 12.1 Å². The molecule has 0 radical (unpaired) electrons. The highest BCUT2D eigenvalue weighted by Gasteiger charge is 2.05. The first kappa shape index (κ1) is 15.2. The maximum atomic E-state index is 13.0. The van der Waals surface area contributed by atoms with Crippen molar-refractivity contribution in [2.75, 3.05) is 5.32 Å². The molecular weight excluding hydrogens is 315 g/mol. The summed E-state index contributed by atoms with van der Waals surface area (Å²) in [5.41, 5.74) is 4.10. The second-order valence-corrected chi connectivity index (χ2v) is 5.64. The quantitative estimate of drug-likeness (QED) is 0.601. The maximum absolute atomic E-state index is 13.0. The molecule has 0 aliphatic carbocycles. The van der Waals surface area contributed by atoms with E-state index in [1.54, 1.807) is 18.3 Å². The van der Waals surface area contributed by atoms with E-state index in [2.05, 4.69) is 20.3 Å². The van der Waals surface area contributed by atoms with Gasteiger partial charge in [-0.1, -0.05) is 42.5 Å². The van der Waals surface area contributed by atoms with Crippen molar-refractivity contribution >= 4 is 17.0 Å². The fourth-order valence-electron chi connectivity index (χ4n) is 2.54. The highest BCUT2D eigenvalue weighted by Crippen LogP contribution is 2.19. The number of hydrogen-bond donors (Lipinski definition) is 1. The Bertz CT molecular complexity index is 1000. The zero-order valence-corrected chi connectivity index (χ0v) is 13.4. The van der Waals surface area contributed by atoms with Crippen LogP contribution in [0.25, 0.3) is 22.4 Å². The molecule has 0 bridgehead atoms. The summed E-state index contributed by atoms with van der Waals surface area (Å²) in [6.45, 7) is 0.560. The Hall–Kier alpha value is -3.34. The molecule has 2 heterocycles.